The summed E-state index contributed by atoms with van der Waals surface area (Å²) in [5.41, 5.74) is 0.541. The Morgan fingerprint density at radius 3 is 2.74 bits per heavy atom. The topological polar surface area (TPSA) is 75.5 Å². The number of carbonyl (C=O) groups excluding carboxylic acids is 1. The lowest BCUT2D eigenvalue weighted by Gasteiger charge is -2.29. The molecule has 1 aliphatic heterocycles. The van der Waals surface area contributed by atoms with E-state index in [9.17, 15) is 9.90 Å². The van der Waals surface area contributed by atoms with Crippen molar-refractivity contribution in [2.45, 2.75) is 32.8 Å². The average Bonchev–Trinajstić information content (AvgIpc) is 2.47. The fourth-order valence-electron chi connectivity index (χ4n) is 2.24. The molecular formula is C13H18N3O3. The first kappa shape index (κ1) is 13.7. The van der Waals surface area contributed by atoms with E-state index in [2.05, 4.69) is 21.2 Å². The molecular weight excluding hydrogens is 246 g/mol. The minimum atomic E-state index is -0.538. The van der Waals surface area contributed by atoms with Crippen LogP contribution in [0.15, 0.2) is 0 Å². The van der Waals surface area contributed by atoms with Gasteiger partial charge in [0.05, 0.1) is 18.8 Å². The number of hydrogen-bond acceptors (Lipinski definition) is 6. The van der Waals surface area contributed by atoms with E-state index in [1.54, 1.807) is 6.92 Å². The number of carbonyl (C=O) groups is 1. The molecule has 1 aliphatic rings. The Morgan fingerprint density at radius 1 is 1.37 bits per heavy atom. The largest absolute Gasteiger partial charge is 0.461 e. The van der Waals surface area contributed by atoms with Crippen LogP contribution < -0.4 is 4.90 Å². The van der Waals surface area contributed by atoms with Gasteiger partial charge in [0, 0.05) is 13.1 Å². The lowest BCUT2D eigenvalue weighted by Crippen LogP contribution is -2.32. The van der Waals surface area contributed by atoms with Gasteiger partial charge in [0.25, 0.3) is 0 Å². The van der Waals surface area contributed by atoms with Gasteiger partial charge in [0.1, 0.15) is 5.82 Å². The maximum Gasteiger partial charge on any atom is 0.357 e. The molecule has 1 saturated heterocycles. The molecule has 1 aromatic heterocycles. The van der Waals surface area contributed by atoms with Gasteiger partial charge in [-0.1, -0.05) is 0 Å². The Labute approximate surface area is 112 Å². The molecule has 2 rings (SSSR count). The number of rotatable bonds is 4. The molecule has 1 fully saturated rings. The van der Waals surface area contributed by atoms with Crippen LogP contribution in [0.1, 0.15) is 42.2 Å². The smallest absolute Gasteiger partial charge is 0.357 e. The molecule has 0 amide bonds. The minimum absolute atomic E-state index is 0.111. The molecule has 6 nitrogen and oxygen atoms in total. The second-order valence-electron chi connectivity index (χ2n) is 4.40. The molecule has 1 radical (unpaired) electrons. The summed E-state index contributed by atoms with van der Waals surface area (Å²) in [5.74, 6) is 0.0590. The average molecular weight is 264 g/mol. The van der Waals surface area contributed by atoms with E-state index in [1.165, 1.54) is 6.42 Å². The molecule has 0 aliphatic carbocycles. The minimum Gasteiger partial charge on any atom is -0.461 e. The van der Waals surface area contributed by atoms with Crippen molar-refractivity contribution >= 4 is 11.8 Å². The van der Waals surface area contributed by atoms with E-state index >= 15 is 0 Å². The van der Waals surface area contributed by atoms with Crippen molar-refractivity contribution in [3.05, 3.63) is 17.6 Å². The van der Waals surface area contributed by atoms with E-state index in [1.807, 2.05) is 0 Å². The molecule has 0 aromatic carbocycles. The summed E-state index contributed by atoms with van der Waals surface area (Å²) in [6.07, 6.45) is 5.86. The molecule has 0 bridgehead atoms. The van der Waals surface area contributed by atoms with Gasteiger partial charge < -0.3 is 14.7 Å². The highest BCUT2D eigenvalue weighted by Crippen LogP contribution is 2.23. The fraction of sp³-hybridized carbons (Fsp3) is 0.615. The van der Waals surface area contributed by atoms with Gasteiger partial charge >= 0.3 is 5.97 Å². The van der Waals surface area contributed by atoms with Gasteiger partial charge in [-0.3, -0.25) is 0 Å². The van der Waals surface area contributed by atoms with Crippen molar-refractivity contribution in [1.82, 2.24) is 9.97 Å². The van der Waals surface area contributed by atoms with Crippen LogP contribution in [0.5, 0.6) is 0 Å². The van der Waals surface area contributed by atoms with E-state index in [4.69, 9.17) is 4.74 Å². The van der Waals surface area contributed by atoms with Crippen LogP contribution in [0.3, 0.4) is 0 Å². The van der Waals surface area contributed by atoms with Gasteiger partial charge in [0.2, 0.25) is 6.33 Å². The normalized spacial score (nSPS) is 15.4. The SMILES string of the molecule is CCOC(=O)c1n[c]nc(N2CCCCC2)c1CO. The number of aromatic nitrogens is 2. The van der Waals surface area contributed by atoms with E-state index in [-0.39, 0.29) is 18.9 Å². The van der Waals surface area contributed by atoms with Crippen molar-refractivity contribution in [2.24, 2.45) is 0 Å². The highest BCUT2D eigenvalue weighted by atomic mass is 16.5. The Kier molecular flexibility index (Phi) is 4.68. The summed E-state index contributed by atoms with van der Waals surface area (Å²) >= 11 is 0. The zero-order chi connectivity index (χ0) is 13.7. The number of piperidine rings is 1. The van der Waals surface area contributed by atoms with Crippen LogP contribution in [0, 0.1) is 6.33 Å². The molecule has 2 heterocycles. The molecule has 1 N–H and O–H groups in total. The molecule has 103 valence electrons. The highest BCUT2D eigenvalue weighted by Gasteiger charge is 2.22. The lowest BCUT2D eigenvalue weighted by atomic mass is 10.1. The number of aliphatic hydroxyl groups is 1. The number of nitrogens with zero attached hydrogens (tertiary/aromatic N) is 3. The maximum atomic E-state index is 11.8. The van der Waals surface area contributed by atoms with Crippen molar-refractivity contribution in [2.75, 3.05) is 24.6 Å². The zero-order valence-corrected chi connectivity index (χ0v) is 11.1. The molecule has 0 atom stereocenters. The summed E-state index contributed by atoms with van der Waals surface area (Å²) in [7, 11) is 0. The number of esters is 1. The van der Waals surface area contributed by atoms with Crippen LogP contribution in [0.25, 0.3) is 0 Å². The van der Waals surface area contributed by atoms with Crippen molar-refractivity contribution in [1.29, 1.82) is 0 Å². The monoisotopic (exact) mass is 264 g/mol. The quantitative estimate of drug-likeness (QED) is 0.816. The number of aliphatic hydroxyl groups excluding tert-OH is 1. The summed E-state index contributed by atoms with van der Waals surface area (Å²) in [5, 5.41) is 9.52. The van der Waals surface area contributed by atoms with Crippen molar-refractivity contribution < 1.29 is 14.6 Å². The first-order chi connectivity index (χ1) is 9.27. The van der Waals surface area contributed by atoms with E-state index < -0.39 is 5.97 Å². The Morgan fingerprint density at radius 2 is 2.11 bits per heavy atom. The second kappa shape index (κ2) is 6.47. The highest BCUT2D eigenvalue weighted by molar-refractivity contribution is 5.90. The molecule has 0 spiro atoms. The van der Waals surface area contributed by atoms with Crippen LogP contribution in [0.4, 0.5) is 5.82 Å². The summed E-state index contributed by atoms with van der Waals surface area (Å²) in [6.45, 7) is 3.47. The molecule has 1 aromatic rings. The molecule has 19 heavy (non-hydrogen) atoms. The zero-order valence-electron chi connectivity index (χ0n) is 11.1. The third-order valence-corrected chi connectivity index (χ3v) is 3.16. The van der Waals surface area contributed by atoms with E-state index in [0.717, 1.165) is 25.9 Å². The standard InChI is InChI=1S/C13H18N3O3/c1-2-19-13(18)11-10(8-17)12(15-9-14-11)16-6-4-3-5-7-16/h17H,2-8H2,1H3. The fourth-order valence-corrected chi connectivity index (χ4v) is 2.24. The number of hydrogen-bond donors (Lipinski definition) is 1. The Bertz CT molecular complexity index is 445. The van der Waals surface area contributed by atoms with Crippen LogP contribution in [-0.2, 0) is 11.3 Å². The first-order valence-corrected chi connectivity index (χ1v) is 6.57. The van der Waals surface area contributed by atoms with Crippen molar-refractivity contribution in [3.8, 4) is 0 Å². The summed E-state index contributed by atoms with van der Waals surface area (Å²) in [6, 6.07) is 0. The number of ether oxygens (including phenoxy) is 1. The third kappa shape index (κ3) is 3.01. The number of anilines is 1. The predicted molar refractivity (Wildman–Crippen MR) is 68.8 cm³/mol. The van der Waals surface area contributed by atoms with Gasteiger partial charge in [-0.25, -0.2) is 14.8 Å². The van der Waals surface area contributed by atoms with Gasteiger partial charge in [-0.05, 0) is 26.2 Å². The van der Waals surface area contributed by atoms with Crippen LogP contribution >= 0.6 is 0 Å². The molecule has 0 saturated carbocycles. The van der Waals surface area contributed by atoms with Crippen LogP contribution in [0.2, 0.25) is 0 Å². The first-order valence-electron chi connectivity index (χ1n) is 6.57. The van der Waals surface area contributed by atoms with Gasteiger partial charge in [-0.15, -0.1) is 0 Å². The van der Waals surface area contributed by atoms with Crippen molar-refractivity contribution in [3.63, 3.8) is 0 Å². The third-order valence-electron chi connectivity index (χ3n) is 3.16. The Balaban J connectivity index is 2.32. The van der Waals surface area contributed by atoms with Gasteiger partial charge in [-0.2, -0.15) is 0 Å². The second-order valence-corrected chi connectivity index (χ2v) is 4.40. The Hall–Kier alpha value is -1.69. The van der Waals surface area contributed by atoms with E-state index in [0.29, 0.717) is 11.4 Å². The lowest BCUT2D eigenvalue weighted by molar-refractivity contribution is 0.0515. The molecule has 0 unspecified atom stereocenters. The summed E-state index contributed by atoms with van der Waals surface area (Å²) < 4.78 is 4.93. The van der Waals surface area contributed by atoms with Gasteiger partial charge in [0.15, 0.2) is 5.69 Å². The predicted octanol–water partition coefficient (Wildman–Crippen LogP) is 0.936. The maximum absolute atomic E-state index is 11.8. The van der Waals surface area contributed by atoms with Crippen LogP contribution in [-0.4, -0.2) is 40.7 Å². The summed E-state index contributed by atoms with van der Waals surface area (Å²) in [4.78, 5) is 21.8. The molecule has 6 heteroatoms.